The lowest BCUT2D eigenvalue weighted by atomic mass is 10.1. The normalized spacial score (nSPS) is 10.4. The van der Waals surface area contributed by atoms with Crippen molar-refractivity contribution in [2.75, 3.05) is 25.2 Å². The van der Waals surface area contributed by atoms with Gasteiger partial charge in [-0.2, -0.15) is 11.8 Å². The Morgan fingerprint density at radius 2 is 2.26 bits per heavy atom. The molecule has 0 aliphatic carbocycles. The number of nitrogens with one attached hydrogen (secondary N) is 1. The molecule has 0 amide bonds. The van der Waals surface area contributed by atoms with Gasteiger partial charge in [-0.15, -0.1) is 0 Å². The Balaban J connectivity index is 2.73. The molecule has 0 atom stereocenters. The molecule has 0 heterocycles. The van der Waals surface area contributed by atoms with Crippen molar-refractivity contribution >= 4 is 17.4 Å². The molecular formula is C13H20N2O3S. The largest absolute Gasteiger partial charge is 0.493 e. The van der Waals surface area contributed by atoms with E-state index in [4.69, 9.17) is 4.74 Å². The average molecular weight is 284 g/mol. The topological polar surface area (TPSA) is 64.4 Å². The van der Waals surface area contributed by atoms with Crippen LogP contribution in [0.3, 0.4) is 0 Å². The molecular weight excluding hydrogens is 264 g/mol. The number of thioether (sulfide) groups is 1. The first-order chi connectivity index (χ1) is 9.19. The molecule has 6 heteroatoms. The first-order valence-corrected chi connectivity index (χ1v) is 7.68. The van der Waals surface area contributed by atoms with E-state index in [1.54, 1.807) is 23.9 Å². The van der Waals surface area contributed by atoms with E-state index in [-0.39, 0.29) is 10.6 Å². The quantitative estimate of drug-likeness (QED) is 0.429. The molecule has 0 radical (unpaired) electrons. The second-order valence-electron chi connectivity index (χ2n) is 4.02. The average Bonchev–Trinajstić information content (AvgIpc) is 2.41. The number of nitro benzene ring substituents is 1. The summed E-state index contributed by atoms with van der Waals surface area (Å²) < 4.78 is 5.70. The van der Waals surface area contributed by atoms with E-state index >= 15 is 0 Å². The molecule has 0 saturated heterocycles. The molecule has 0 spiro atoms. The zero-order valence-corrected chi connectivity index (χ0v) is 12.2. The van der Waals surface area contributed by atoms with Crippen LogP contribution in [0.15, 0.2) is 18.2 Å². The molecule has 5 nitrogen and oxygen atoms in total. The van der Waals surface area contributed by atoms with Crippen molar-refractivity contribution in [1.29, 1.82) is 0 Å². The van der Waals surface area contributed by atoms with Gasteiger partial charge in [-0.05, 0) is 31.0 Å². The molecule has 0 bridgehead atoms. The molecule has 1 N–H and O–H groups in total. The minimum absolute atomic E-state index is 0.101. The van der Waals surface area contributed by atoms with Crippen molar-refractivity contribution in [2.45, 2.75) is 19.9 Å². The van der Waals surface area contributed by atoms with Crippen LogP contribution in [0.4, 0.5) is 5.69 Å². The van der Waals surface area contributed by atoms with Gasteiger partial charge in [-0.25, -0.2) is 0 Å². The van der Waals surface area contributed by atoms with Crippen LogP contribution in [0.1, 0.15) is 18.9 Å². The number of ether oxygens (including phenoxy) is 1. The highest BCUT2D eigenvalue weighted by atomic mass is 32.2. The third-order valence-corrected chi connectivity index (χ3v) is 3.27. The van der Waals surface area contributed by atoms with Gasteiger partial charge >= 0.3 is 0 Å². The van der Waals surface area contributed by atoms with E-state index in [1.807, 2.05) is 6.92 Å². The number of rotatable bonds is 9. The smallest absolute Gasteiger partial charge is 0.270 e. The van der Waals surface area contributed by atoms with Gasteiger partial charge in [-0.3, -0.25) is 10.1 Å². The second-order valence-corrected chi connectivity index (χ2v) is 5.01. The zero-order chi connectivity index (χ0) is 14.1. The molecule has 1 aromatic rings. The number of nitrogens with zero attached hydrogens (tertiary/aromatic N) is 1. The Morgan fingerprint density at radius 1 is 1.47 bits per heavy atom. The first-order valence-electron chi connectivity index (χ1n) is 6.28. The van der Waals surface area contributed by atoms with E-state index in [1.165, 1.54) is 6.07 Å². The number of hydrogen-bond donors (Lipinski definition) is 1. The highest BCUT2D eigenvalue weighted by Crippen LogP contribution is 2.24. The van der Waals surface area contributed by atoms with Crippen LogP contribution in [0.2, 0.25) is 0 Å². The minimum atomic E-state index is -0.382. The van der Waals surface area contributed by atoms with E-state index in [0.29, 0.717) is 13.2 Å². The predicted octanol–water partition coefficient (Wildman–Crippen LogP) is 2.84. The van der Waals surface area contributed by atoms with Crippen molar-refractivity contribution < 1.29 is 9.66 Å². The van der Waals surface area contributed by atoms with Gasteiger partial charge < -0.3 is 10.1 Å². The van der Waals surface area contributed by atoms with Crippen molar-refractivity contribution in [3.05, 3.63) is 33.9 Å². The molecule has 1 rings (SSSR count). The van der Waals surface area contributed by atoms with Crippen LogP contribution in [0.25, 0.3) is 0 Å². The summed E-state index contributed by atoms with van der Waals surface area (Å²) in [5.74, 6) is 1.78. The summed E-state index contributed by atoms with van der Waals surface area (Å²) in [6.45, 7) is 4.03. The van der Waals surface area contributed by atoms with E-state index in [9.17, 15) is 10.1 Å². The molecule has 0 aliphatic rings. The molecule has 0 unspecified atom stereocenters. The Labute approximate surface area is 117 Å². The molecule has 19 heavy (non-hydrogen) atoms. The summed E-state index contributed by atoms with van der Waals surface area (Å²) >= 11 is 1.78. The van der Waals surface area contributed by atoms with Gasteiger partial charge in [0.25, 0.3) is 5.69 Å². The van der Waals surface area contributed by atoms with E-state index < -0.39 is 0 Å². The van der Waals surface area contributed by atoms with Gasteiger partial charge in [0.05, 0.1) is 11.5 Å². The predicted molar refractivity (Wildman–Crippen MR) is 79.0 cm³/mol. The highest BCUT2D eigenvalue weighted by molar-refractivity contribution is 7.98. The van der Waals surface area contributed by atoms with E-state index in [0.717, 1.165) is 30.0 Å². The Kier molecular flexibility index (Phi) is 7.28. The Morgan fingerprint density at radius 3 is 2.89 bits per heavy atom. The summed E-state index contributed by atoms with van der Waals surface area (Å²) in [7, 11) is 0. The lowest BCUT2D eigenvalue weighted by molar-refractivity contribution is -0.384. The van der Waals surface area contributed by atoms with Gasteiger partial charge in [0.1, 0.15) is 5.75 Å². The SMILES string of the molecule is CCNCc1cc([N+](=O)[O-])ccc1OCCCSC. The van der Waals surface area contributed by atoms with E-state index in [2.05, 4.69) is 11.6 Å². The van der Waals surface area contributed by atoms with Crippen molar-refractivity contribution in [1.82, 2.24) is 5.32 Å². The second kappa shape index (κ2) is 8.77. The van der Waals surface area contributed by atoms with Gasteiger partial charge in [0, 0.05) is 24.2 Å². The fraction of sp³-hybridized carbons (Fsp3) is 0.538. The Hall–Kier alpha value is -1.27. The van der Waals surface area contributed by atoms with Crippen molar-refractivity contribution in [3.63, 3.8) is 0 Å². The summed E-state index contributed by atoms with van der Waals surface area (Å²) in [4.78, 5) is 10.4. The highest BCUT2D eigenvalue weighted by Gasteiger charge is 2.11. The van der Waals surface area contributed by atoms with Crippen LogP contribution in [0.5, 0.6) is 5.75 Å². The summed E-state index contributed by atoms with van der Waals surface area (Å²) in [5.41, 5.74) is 0.935. The molecule has 1 aromatic carbocycles. The summed E-state index contributed by atoms with van der Waals surface area (Å²) in [6, 6.07) is 4.75. The molecule has 0 fully saturated rings. The third kappa shape index (κ3) is 5.48. The zero-order valence-electron chi connectivity index (χ0n) is 11.3. The number of nitro groups is 1. The molecule has 0 saturated carbocycles. The fourth-order valence-electron chi connectivity index (χ4n) is 1.60. The molecule has 0 aromatic heterocycles. The van der Waals surface area contributed by atoms with Crippen LogP contribution < -0.4 is 10.1 Å². The van der Waals surface area contributed by atoms with Crippen molar-refractivity contribution in [3.8, 4) is 5.75 Å². The summed E-state index contributed by atoms with van der Waals surface area (Å²) in [6.07, 6.45) is 3.03. The maximum absolute atomic E-state index is 10.8. The maximum atomic E-state index is 10.8. The van der Waals surface area contributed by atoms with Gasteiger partial charge in [0.2, 0.25) is 0 Å². The van der Waals surface area contributed by atoms with Gasteiger partial charge in [-0.1, -0.05) is 6.92 Å². The minimum Gasteiger partial charge on any atom is -0.493 e. The molecule has 0 aliphatic heterocycles. The van der Waals surface area contributed by atoms with Crippen LogP contribution in [0, 0.1) is 10.1 Å². The number of non-ortho nitro benzene ring substituents is 1. The number of hydrogen-bond acceptors (Lipinski definition) is 5. The first kappa shape index (κ1) is 15.8. The van der Waals surface area contributed by atoms with Gasteiger partial charge in [0.15, 0.2) is 0 Å². The number of benzene rings is 1. The van der Waals surface area contributed by atoms with Crippen LogP contribution in [-0.4, -0.2) is 30.1 Å². The van der Waals surface area contributed by atoms with Crippen molar-refractivity contribution in [2.24, 2.45) is 0 Å². The summed E-state index contributed by atoms with van der Waals surface area (Å²) in [5, 5.41) is 13.9. The monoisotopic (exact) mass is 284 g/mol. The standard InChI is InChI=1S/C13H20N2O3S/c1-3-14-10-11-9-12(15(16)17)5-6-13(11)18-7-4-8-19-2/h5-6,9,14H,3-4,7-8,10H2,1-2H3. The lowest BCUT2D eigenvalue weighted by Crippen LogP contribution is -2.13. The lowest BCUT2D eigenvalue weighted by Gasteiger charge is -2.11. The third-order valence-electron chi connectivity index (χ3n) is 2.57. The molecule has 106 valence electrons. The fourth-order valence-corrected chi connectivity index (χ4v) is 2.01. The Bertz CT molecular complexity index is 413. The van der Waals surface area contributed by atoms with Crippen LogP contribution >= 0.6 is 11.8 Å². The van der Waals surface area contributed by atoms with Crippen LogP contribution in [-0.2, 0) is 6.54 Å². The maximum Gasteiger partial charge on any atom is 0.270 e.